The number of rotatable bonds is 7. The Bertz CT molecular complexity index is 513. The standard InChI is InChI=1S/C16H22FN3O/c1-2-4-15-14(5-3-10-18)16(21)20(19-15)11-12-6-8-13(17)9-7-12/h6-9,14H,2-5,10-11,18H2,1H3. The Morgan fingerprint density at radius 3 is 2.67 bits per heavy atom. The van der Waals surface area contributed by atoms with E-state index in [1.165, 1.54) is 17.1 Å². The summed E-state index contributed by atoms with van der Waals surface area (Å²) in [5, 5.41) is 5.99. The lowest BCUT2D eigenvalue weighted by atomic mass is 9.94. The predicted octanol–water partition coefficient (Wildman–Crippen LogP) is 2.68. The zero-order chi connectivity index (χ0) is 15.2. The van der Waals surface area contributed by atoms with E-state index in [1.807, 2.05) is 0 Å². The first kappa shape index (κ1) is 15.6. The molecule has 0 aliphatic carbocycles. The molecule has 0 fully saturated rings. The Hall–Kier alpha value is -1.75. The summed E-state index contributed by atoms with van der Waals surface area (Å²) in [6.45, 7) is 3.06. The van der Waals surface area contributed by atoms with Crippen LogP contribution in [0.3, 0.4) is 0 Å². The number of nitrogens with zero attached hydrogens (tertiary/aromatic N) is 2. The maximum Gasteiger partial charge on any atom is 0.251 e. The van der Waals surface area contributed by atoms with Crippen molar-refractivity contribution in [3.8, 4) is 0 Å². The lowest BCUT2D eigenvalue weighted by Gasteiger charge is -2.14. The Morgan fingerprint density at radius 1 is 1.33 bits per heavy atom. The van der Waals surface area contributed by atoms with E-state index >= 15 is 0 Å². The van der Waals surface area contributed by atoms with Crippen LogP contribution in [-0.4, -0.2) is 23.2 Å². The Morgan fingerprint density at radius 2 is 2.05 bits per heavy atom. The lowest BCUT2D eigenvalue weighted by Crippen LogP contribution is -2.27. The highest BCUT2D eigenvalue weighted by Crippen LogP contribution is 2.24. The van der Waals surface area contributed by atoms with Crippen LogP contribution in [0.4, 0.5) is 4.39 Å². The Kier molecular flexibility index (Phi) is 5.44. The van der Waals surface area contributed by atoms with Crippen LogP contribution in [0.1, 0.15) is 38.2 Å². The van der Waals surface area contributed by atoms with E-state index in [9.17, 15) is 9.18 Å². The Labute approximate surface area is 124 Å². The number of amides is 1. The predicted molar refractivity (Wildman–Crippen MR) is 81.1 cm³/mol. The maximum atomic E-state index is 12.9. The smallest absolute Gasteiger partial charge is 0.251 e. The summed E-state index contributed by atoms with van der Waals surface area (Å²) in [4.78, 5) is 12.5. The molecule has 1 aliphatic heterocycles. The van der Waals surface area contributed by atoms with E-state index in [4.69, 9.17) is 5.73 Å². The molecule has 1 atom stereocenters. The van der Waals surface area contributed by atoms with Crippen LogP contribution in [0, 0.1) is 11.7 Å². The van der Waals surface area contributed by atoms with Gasteiger partial charge < -0.3 is 5.73 Å². The van der Waals surface area contributed by atoms with Gasteiger partial charge in [-0.3, -0.25) is 4.79 Å². The number of nitrogens with two attached hydrogens (primary N) is 1. The second-order valence-corrected chi connectivity index (χ2v) is 5.35. The molecule has 0 aromatic heterocycles. The summed E-state index contributed by atoms with van der Waals surface area (Å²) in [5.41, 5.74) is 7.38. The van der Waals surface area contributed by atoms with Crippen LogP contribution in [0.15, 0.2) is 29.4 Å². The van der Waals surface area contributed by atoms with Gasteiger partial charge in [-0.2, -0.15) is 5.10 Å². The highest BCUT2D eigenvalue weighted by molar-refractivity contribution is 6.07. The zero-order valence-corrected chi connectivity index (χ0v) is 12.4. The van der Waals surface area contributed by atoms with Gasteiger partial charge in [0.1, 0.15) is 5.82 Å². The molecule has 21 heavy (non-hydrogen) atoms. The van der Waals surface area contributed by atoms with Crippen molar-refractivity contribution in [1.82, 2.24) is 5.01 Å². The normalized spacial score (nSPS) is 18.2. The number of hydrazone groups is 1. The highest BCUT2D eigenvalue weighted by atomic mass is 19.1. The molecule has 2 N–H and O–H groups in total. The molecule has 1 amide bonds. The van der Waals surface area contributed by atoms with Crippen molar-refractivity contribution >= 4 is 11.6 Å². The molecule has 1 aromatic carbocycles. The zero-order valence-electron chi connectivity index (χ0n) is 12.4. The minimum atomic E-state index is -0.275. The average Bonchev–Trinajstić information content (AvgIpc) is 2.76. The second-order valence-electron chi connectivity index (χ2n) is 5.35. The molecule has 1 unspecified atom stereocenters. The van der Waals surface area contributed by atoms with Gasteiger partial charge >= 0.3 is 0 Å². The third-order valence-corrected chi connectivity index (χ3v) is 3.65. The molecule has 114 valence electrons. The summed E-state index contributed by atoms with van der Waals surface area (Å²) in [7, 11) is 0. The van der Waals surface area contributed by atoms with Crippen molar-refractivity contribution in [2.24, 2.45) is 16.8 Å². The molecule has 2 rings (SSSR count). The maximum absolute atomic E-state index is 12.9. The topological polar surface area (TPSA) is 58.7 Å². The van der Waals surface area contributed by atoms with Gasteiger partial charge in [0.2, 0.25) is 0 Å². The first-order chi connectivity index (χ1) is 10.2. The number of hydrogen-bond donors (Lipinski definition) is 1. The van der Waals surface area contributed by atoms with Gasteiger partial charge in [-0.05, 0) is 43.5 Å². The van der Waals surface area contributed by atoms with Gasteiger partial charge in [-0.25, -0.2) is 9.40 Å². The fourth-order valence-electron chi connectivity index (χ4n) is 2.56. The SMILES string of the molecule is CCCC1=NN(Cc2ccc(F)cc2)C(=O)C1CCCN. The van der Waals surface area contributed by atoms with Gasteiger partial charge in [0, 0.05) is 0 Å². The fraction of sp³-hybridized carbons (Fsp3) is 0.500. The van der Waals surface area contributed by atoms with Gasteiger partial charge in [-0.1, -0.05) is 25.5 Å². The summed E-state index contributed by atoms with van der Waals surface area (Å²) < 4.78 is 12.9. The number of carbonyl (C=O) groups is 1. The summed E-state index contributed by atoms with van der Waals surface area (Å²) in [5.74, 6) is -0.368. The number of benzene rings is 1. The van der Waals surface area contributed by atoms with E-state index in [1.54, 1.807) is 12.1 Å². The van der Waals surface area contributed by atoms with Crippen molar-refractivity contribution in [2.45, 2.75) is 39.2 Å². The number of carbonyl (C=O) groups excluding carboxylic acids is 1. The quantitative estimate of drug-likeness (QED) is 0.839. The molecule has 4 nitrogen and oxygen atoms in total. The molecule has 1 aliphatic rings. The molecule has 0 saturated carbocycles. The third kappa shape index (κ3) is 3.88. The minimum Gasteiger partial charge on any atom is -0.330 e. The second kappa shape index (κ2) is 7.31. The van der Waals surface area contributed by atoms with Gasteiger partial charge in [-0.15, -0.1) is 0 Å². The van der Waals surface area contributed by atoms with Crippen LogP contribution in [0.25, 0.3) is 0 Å². The fourth-order valence-corrected chi connectivity index (χ4v) is 2.56. The van der Waals surface area contributed by atoms with Crippen molar-refractivity contribution < 1.29 is 9.18 Å². The van der Waals surface area contributed by atoms with Crippen LogP contribution in [0.2, 0.25) is 0 Å². The Balaban J connectivity index is 2.08. The molecule has 0 saturated heterocycles. The monoisotopic (exact) mass is 291 g/mol. The molecular formula is C16H22FN3O. The van der Waals surface area contributed by atoms with Crippen molar-refractivity contribution in [3.63, 3.8) is 0 Å². The molecule has 5 heteroatoms. The van der Waals surface area contributed by atoms with E-state index in [0.29, 0.717) is 13.1 Å². The lowest BCUT2D eigenvalue weighted by molar-refractivity contribution is -0.132. The molecule has 1 aromatic rings. The van der Waals surface area contributed by atoms with Crippen LogP contribution in [-0.2, 0) is 11.3 Å². The molecular weight excluding hydrogens is 269 g/mol. The van der Waals surface area contributed by atoms with Gasteiger partial charge in [0.25, 0.3) is 5.91 Å². The highest BCUT2D eigenvalue weighted by Gasteiger charge is 2.34. The van der Waals surface area contributed by atoms with Crippen molar-refractivity contribution in [1.29, 1.82) is 0 Å². The first-order valence-corrected chi connectivity index (χ1v) is 7.49. The van der Waals surface area contributed by atoms with E-state index in [0.717, 1.165) is 37.0 Å². The van der Waals surface area contributed by atoms with E-state index < -0.39 is 0 Å². The van der Waals surface area contributed by atoms with Gasteiger partial charge in [0.05, 0.1) is 18.2 Å². The molecule has 0 radical (unpaired) electrons. The first-order valence-electron chi connectivity index (χ1n) is 7.49. The third-order valence-electron chi connectivity index (χ3n) is 3.65. The van der Waals surface area contributed by atoms with Crippen LogP contribution >= 0.6 is 0 Å². The number of hydrogen-bond acceptors (Lipinski definition) is 3. The van der Waals surface area contributed by atoms with Crippen LogP contribution < -0.4 is 5.73 Å². The van der Waals surface area contributed by atoms with Crippen LogP contribution in [0.5, 0.6) is 0 Å². The van der Waals surface area contributed by atoms with E-state index in [-0.39, 0.29) is 17.6 Å². The summed E-state index contributed by atoms with van der Waals surface area (Å²) >= 11 is 0. The molecule has 0 spiro atoms. The largest absolute Gasteiger partial charge is 0.330 e. The molecule has 0 bridgehead atoms. The van der Waals surface area contributed by atoms with E-state index in [2.05, 4.69) is 12.0 Å². The minimum absolute atomic E-state index is 0.0382. The summed E-state index contributed by atoms with van der Waals surface area (Å²) in [6, 6.07) is 6.17. The average molecular weight is 291 g/mol. The number of halogens is 1. The van der Waals surface area contributed by atoms with Crippen molar-refractivity contribution in [2.75, 3.05) is 6.54 Å². The molecule has 1 heterocycles. The summed E-state index contributed by atoms with van der Waals surface area (Å²) in [6.07, 6.45) is 3.38. The van der Waals surface area contributed by atoms with Crippen molar-refractivity contribution in [3.05, 3.63) is 35.6 Å². The van der Waals surface area contributed by atoms with Gasteiger partial charge in [0.15, 0.2) is 0 Å².